The van der Waals surface area contributed by atoms with Crippen molar-refractivity contribution in [3.63, 3.8) is 0 Å². The molecule has 2 aliphatic rings. The smallest absolute Gasteiger partial charge is 0.246 e. The number of hydrogen-bond donors (Lipinski definition) is 1. The van der Waals surface area contributed by atoms with Crippen molar-refractivity contribution >= 4 is 5.91 Å². The van der Waals surface area contributed by atoms with E-state index in [1.807, 2.05) is 0 Å². The summed E-state index contributed by atoms with van der Waals surface area (Å²) in [6.45, 7) is 0.784. The lowest BCUT2D eigenvalue weighted by atomic mass is 9.99. The summed E-state index contributed by atoms with van der Waals surface area (Å²) in [6.07, 6.45) is 6.48. The quantitative estimate of drug-likeness (QED) is 0.876. The van der Waals surface area contributed by atoms with E-state index < -0.39 is 0 Å². The van der Waals surface area contributed by atoms with Gasteiger partial charge in [-0.15, -0.1) is 0 Å². The summed E-state index contributed by atoms with van der Waals surface area (Å²) in [7, 11) is 0. The highest BCUT2D eigenvalue weighted by Gasteiger charge is 2.29. The minimum Gasteiger partial charge on any atom is -0.376 e. The molecule has 1 amide bonds. The van der Waals surface area contributed by atoms with Gasteiger partial charge in [0.15, 0.2) is 0 Å². The van der Waals surface area contributed by atoms with Crippen LogP contribution >= 0.6 is 0 Å². The monoisotopic (exact) mass is 321 g/mol. The number of hydrogen-bond acceptors (Lipinski definition) is 3. The van der Waals surface area contributed by atoms with Gasteiger partial charge in [-0.2, -0.15) is 0 Å². The van der Waals surface area contributed by atoms with Crippen LogP contribution in [0.3, 0.4) is 0 Å². The Labute approximate surface area is 136 Å². The molecule has 0 aromatic heterocycles. The first-order valence-electron chi connectivity index (χ1n) is 8.50. The maximum Gasteiger partial charge on any atom is 0.246 e. The van der Waals surface area contributed by atoms with Crippen molar-refractivity contribution in [2.24, 2.45) is 0 Å². The third-order valence-corrected chi connectivity index (χ3v) is 4.63. The third kappa shape index (κ3) is 4.52. The number of amides is 1. The molecule has 126 valence electrons. The van der Waals surface area contributed by atoms with E-state index in [0.29, 0.717) is 6.61 Å². The number of carbonyl (C=O) groups is 1. The number of halogens is 1. The Hall–Kier alpha value is -1.46. The maximum atomic E-state index is 13.1. The first-order valence-corrected chi connectivity index (χ1v) is 8.50. The summed E-state index contributed by atoms with van der Waals surface area (Å²) in [6, 6.07) is 5.99. The second-order valence-electron chi connectivity index (χ2n) is 6.37. The van der Waals surface area contributed by atoms with Crippen molar-refractivity contribution in [1.29, 1.82) is 0 Å². The van der Waals surface area contributed by atoms with Gasteiger partial charge in [-0.1, -0.05) is 25.0 Å². The van der Waals surface area contributed by atoms with Crippen molar-refractivity contribution in [1.82, 2.24) is 5.32 Å². The molecule has 1 aliphatic carbocycles. The predicted molar refractivity (Wildman–Crippen MR) is 84.5 cm³/mol. The van der Waals surface area contributed by atoms with Crippen LogP contribution in [-0.4, -0.2) is 31.3 Å². The average molecular weight is 321 g/mol. The van der Waals surface area contributed by atoms with E-state index in [-0.39, 0.29) is 36.6 Å². The van der Waals surface area contributed by atoms with Gasteiger partial charge in [-0.25, -0.2) is 4.39 Å². The molecule has 4 nitrogen and oxygen atoms in total. The Morgan fingerprint density at radius 2 is 1.96 bits per heavy atom. The molecule has 1 heterocycles. The normalized spacial score (nSPS) is 23.1. The van der Waals surface area contributed by atoms with E-state index in [4.69, 9.17) is 9.47 Å². The zero-order valence-electron chi connectivity index (χ0n) is 13.3. The largest absolute Gasteiger partial charge is 0.376 e. The Kier molecular flexibility index (Phi) is 5.62. The van der Waals surface area contributed by atoms with Gasteiger partial charge in [0, 0.05) is 6.61 Å². The van der Waals surface area contributed by atoms with Crippen LogP contribution < -0.4 is 5.32 Å². The molecular formula is C18H24FNO3. The maximum absolute atomic E-state index is 13.1. The molecule has 5 heteroatoms. The van der Waals surface area contributed by atoms with Gasteiger partial charge in [-0.3, -0.25) is 4.79 Å². The van der Waals surface area contributed by atoms with E-state index in [1.165, 1.54) is 25.0 Å². The number of benzene rings is 1. The van der Waals surface area contributed by atoms with Gasteiger partial charge in [0.25, 0.3) is 0 Å². The standard InChI is InChI=1S/C18H24FNO3/c19-14-9-7-13(8-10-14)18(16-6-3-11-22-16)20-17(21)12-23-15-4-1-2-5-15/h7-10,15-16,18H,1-6,11-12H2,(H,20,21). The SMILES string of the molecule is O=C(COC1CCCC1)NC(c1ccc(F)cc1)C1CCCO1. The molecule has 1 aromatic rings. The van der Waals surface area contributed by atoms with Crippen molar-refractivity contribution < 1.29 is 18.7 Å². The molecule has 1 saturated carbocycles. The summed E-state index contributed by atoms with van der Waals surface area (Å²) >= 11 is 0. The van der Waals surface area contributed by atoms with Crippen LogP contribution in [0.4, 0.5) is 4.39 Å². The van der Waals surface area contributed by atoms with Gasteiger partial charge in [-0.05, 0) is 43.4 Å². The molecule has 0 bridgehead atoms. The summed E-state index contributed by atoms with van der Waals surface area (Å²) in [4.78, 5) is 12.2. The Bertz CT molecular complexity index is 508. The van der Waals surface area contributed by atoms with Crippen LogP contribution in [0.15, 0.2) is 24.3 Å². The third-order valence-electron chi connectivity index (χ3n) is 4.63. The molecule has 0 radical (unpaired) electrons. The Balaban J connectivity index is 1.60. The zero-order valence-corrected chi connectivity index (χ0v) is 13.3. The van der Waals surface area contributed by atoms with Gasteiger partial charge in [0.2, 0.25) is 5.91 Å². The van der Waals surface area contributed by atoms with Crippen LogP contribution in [0.2, 0.25) is 0 Å². The first kappa shape index (κ1) is 16.4. The molecule has 1 aliphatic heterocycles. The van der Waals surface area contributed by atoms with Crippen molar-refractivity contribution in [2.75, 3.05) is 13.2 Å². The van der Waals surface area contributed by atoms with Crippen LogP contribution in [0.5, 0.6) is 0 Å². The van der Waals surface area contributed by atoms with Crippen LogP contribution in [0, 0.1) is 5.82 Å². The molecule has 0 spiro atoms. The molecule has 1 saturated heterocycles. The van der Waals surface area contributed by atoms with Crippen molar-refractivity contribution in [2.45, 2.75) is 56.8 Å². The Morgan fingerprint density at radius 3 is 2.61 bits per heavy atom. The van der Waals surface area contributed by atoms with Gasteiger partial charge in [0.05, 0.1) is 18.2 Å². The number of ether oxygens (including phenoxy) is 2. The molecular weight excluding hydrogens is 297 g/mol. The number of carbonyl (C=O) groups excluding carboxylic acids is 1. The van der Waals surface area contributed by atoms with Crippen LogP contribution in [-0.2, 0) is 14.3 Å². The molecule has 2 atom stereocenters. The lowest BCUT2D eigenvalue weighted by Gasteiger charge is -2.25. The fourth-order valence-electron chi connectivity index (χ4n) is 3.39. The fourth-order valence-corrected chi connectivity index (χ4v) is 3.39. The minimum absolute atomic E-state index is 0.0594. The number of nitrogens with one attached hydrogen (secondary N) is 1. The van der Waals surface area contributed by atoms with Crippen molar-refractivity contribution in [3.05, 3.63) is 35.6 Å². The average Bonchev–Trinajstić information content (AvgIpc) is 3.25. The molecule has 1 N–H and O–H groups in total. The molecule has 23 heavy (non-hydrogen) atoms. The Morgan fingerprint density at radius 1 is 1.22 bits per heavy atom. The lowest BCUT2D eigenvalue weighted by Crippen LogP contribution is -2.38. The lowest BCUT2D eigenvalue weighted by molar-refractivity contribution is -0.129. The van der Waals surface area contributed by atoms with E-state index in [0.717, 1.165) is 31.2 Å². The minimum atomic E-state index is -0.282. The summed E-state index contributed by atoms with van der Waals surface area (Å²) in [5.74, 6) is -0.419. The summed E-state index contributed by atoms with van der Waals surface area (Å²) in [5, 5.41) is 3.01. The highest BCUT2D eigenvalue weighted by Crippen LogP contribution is 2.27. The second-order valence-corrected chi connectivity index (χ2v) is 6.37. The summed E-state index contributed by atoms with van der Waals surface area (Å²) in [5.41, 5.74) is 0.868. The van der Waals surface area contributed by atoms with E-state index >= 15 is 0 Å². The number of rotatable bonds is 6. The van der Waals surface area contributed by atoms with Crippen molar-refractivity contribution in [3.8, 4) is 0 Å². The van der Waals surface area contributed by atoms with E-state index in [9.17, 15) is 9.18 Å². The van der Waals surface area contributed by atoms with Gasteiger partial charge >= 0.3 is 0 Å². The molecule has 2 unspecified atom stereocenters. The molecule has 1 aromatic carbocycles. The highest BCUT2D eigenvalue weighted by molar-refractivity contribution is 5.77. The second kappa shape index (κ2) is 7.88. The van der Waals surface area contributed by atoms with Gasteiger partial charge < -0.3 is 14.8 Å². The fraction of sp³-hybridized carbons (Fsp3) is 0.611. The van der Waals surface area contributed by atoms with Gasteiger partial charge in [0.1, 0.15) is 12.4 Å². The predicted octanol–water partition coefficient (Wildman–Crippen LogP) is 3.12. The van der Waals surface area contributed by atoms with E-state index in [2.05, 4.69) is 5.32 Å². The molecule has 2 fully saturated rings. The van der Waals surface area contributed by atoms with E-state index in [1.54, 1.807) is 12.1 Å². The van der Waals surface area contributed by atoms with Crippen LogP contribution in [0.25, 0.3) is 0 Å². The van der Waals surface area contributed by atoms with Crippen LogP contribution in [0.1, 0.15) is 50.1 Å². The molecule has 3 rings (SSSR count). The highest BCUT2D eigenvalue weighted by atomic mass is 19.1. The summed E-state index contributed by atoms with van der Waals surface area (Å²) < 4.78 is 24.5. The first-order chi connectivity index (χ1) is 11.2. The topological polar surface area (TPSA) is 47.6 Å². The zero-order chi connectivity index (χ0) is 16.1.